The fourth-order valence-electron chi connectivity index (χ4n) is 1.94. The Balaban J connectivity index is 0.000000980. The molecule has 0 aliphatic carbocycles. The molecule has 1 aliphatic rings. The van der Waals surface area contributed by atoms with Gasteiger partial charge in [-0.25, -0.2) is 0 Å². The molecule has 0 atom stereocenters. The van der Waals surface area contributed by atoms with Crippen molar-refractivity contribution in [2.24, 2.45) is 5.92 Å². The van der Waals surface area contributed by atoms with Crippen molar-refractivity contribution in [1.82, 2.24) is 10.3 Å². The number of piperidine rings is 1. The van der Waals surface area contributed by atoms with Crippen molar-refractivity contribution >= 4 is 12.4 Å². The van der Waals surface area contributed by atoms with Crippen LogP contribution in [0.2, 0.25) is 0 Å². The number of hydrogen-bond donors (Lipinski definition) is 1. The SMILES string of the molecule is Cl.c1cncc(CC2CCNCC2)c1. The molecule has 1 aliphatic heterocycles. The average molecular weight is 213 g/mol. The number of rotatable bonds is 2. The van der Waals surface area contributed by atoms with Crippen molar-refractivity contribution in [2.45, 2.75) is 19.3 Å². The fraction of sp³-hybridized carbons (Fsp3) is 0.545. The molecule has 0 aromatic carbocycles. The molecule has 2 nitrogen and oxygen atoms in total. The summed E-state index contributed by atoms with van der Waals surface area (Å²) in [7, 11) is 0. The summed E-state index contributed by atoms with van der Waals surface area (Å²) in [4.78, 5) is 4.13. The number of halogens is 1. The molecule has 0 radical (unpaired) electrons. The minimum Gasteiger partial charge on any atom is -0.317 e. The second kappa shape index (κ2) is 5.99. The lowest BCUT2D eigenvalue weighted by Gasteiger charge is -2.22. The number of hydrogen-bond acceptors (Lipinski definition) is 2. The van der Waals surface area contributed by atoms with Gasteiger partial charge in [-0.3, -0.25) is 4.98 Å². The van der Waals surface area contributed by atoms with Crippen LogP contribution in [0.15, 0.2) is 24.5 Å². The molecule has 0 saturated carbocycles. The Bertz CT molecular complexity index is 245. The second-order valence-electron chi connectivity index (χ2n) is 3.76. The van der Waals surface area contributed by atoms with Gasteiger partial charge < -0.3 is 5.32 Å². The molecule has 3 heteroatoms. The lowest BCUT2D eigenvalue weighted by atomic mass is 9.92. The molecule has 0 amide bonds. The Kier molecular flexibility index (Phi) is 4.91. The van der Waals surface area contributed by atoms with E-state index >= 15 is 0 Å². The molecule has 2 rings (SSSR count). The Hall–Kier alpha value is -0.600. The van der Waals surface area contributed by atoms with Crippen LogP contribution in [0, 0.1) is 5.92 Å². The van der Waals surface area contributed by atoms with Crippen LogP contribution in [0.3, 0.4) is 0 Å². The van der Waals surface area contributed by atoms with Crippen molar-refractivity contribution in [1.29, 1.82) is 0 Å². The van der Waals surface area contributed by atoms with Gasteiger partial charge >= 0.3 is 0 Å². The maximum Gasteiger partial charge on any atom is 0.0299 e. The highest BCUT2D eigenvalue weighted by molar-refractivity contribution is 5.85. The van der Waals surface area contributed by atoms with Crippen LogP contribution >= 0.6 is 12.4 Å². The van der Waals surface area contributed by atoms with Crippen molar-refractivity contribution in [3.8, 4) is 0 Å². The molecule has 1 N–H and O–H groups in total. The lowest BCUT2D eigenvalue weighted by molar-refractivity contribution is 0.372. The van der Waals surface area contributed by atoms with Gasteiger partial charge in [0.2, 0.25) is 0 Å². The number of nitrogens with zero attached hydrogens (tertiary/aromatic N) is 1. The third kappa shape index (κ3) is 3.28. The van der Waals surface area contributed by atoms with Crippen LogP contribution in [-0.2, 0) is 6.42 Å². The molecule has 0 unspecified atom stereocenters. The summed E-state index contributed by atoms with van der Waals surface area (Å²) in [5, 5.41) is 3.38. The molecule has 1 aromatic rings. The predicted octanol–water partition coefficient (Wildman–Crippen LogP) is 2.05. The van der Waals surface area contributed by atoms with Crippen LogP contribution in [0.25, 0.3) is 0 Å². The predicted molar refractivity (Wildman–Crippen MR) is 60.8 cm³/mol. The van der Waals surface area contributed by atoms with E-state index in [4.69, 9.17) is 0 Å². The molecule has 78 valence electrons. The van der Waals surface area contributed by atoms with E-state index in [0.717, 1.165) is 5.92 Å². The van der Waals surface area contributed by atoms with Crippen molar-refractivity contribution in [3.63, 3.8) is 0 Å². The maximum absolute atomic E-state index is 4.13. The molecule has 2 heterocycles. The van der Waals surface area contributed by atoms with E-state index < -0.39 is 0 Å². The van der Waals surface area contributed by atoms with E-state index in [1.54, 1.807) is 0 Å². The third-order valence-corrected chi connectivity index (χ3v) is 2.71. The highest BCUT2D eigenvalue weighted by Gasteiger charge is 2.12. The summed E-state index contributed by atoms with van der Waals surface area (Å²) in [5.74, 6) is 0.866. The molecule has 0 spiro atoms. The van der Waals surface area contributed by atoms with Crippen LogP contribution in [-0.4, -0.2) is 18.1 Å². The van der Waals surface area contributed by atoms with Crippen LogP contribution in [0.1, 0.15) is 18.4 Å². The van der Waals surface area contributed by atoms with E-state index in [9.17, 15) is 0 Å². The molecule has 1 saturated heterocycles. The fourth-order valence-corrected chi connectivity index (χ4v) is 1.94. The van der Waals surface area contributed by atoms with E-state index in [1.165, 1.54) is 37.9 Å². The Morgan fingerprint density at radius 1 is 1.36 bits per heavy atom. The first-order chi connectivity index (χ1) is 6.45. The summed E-state index contributed by atoms with van der Waals surface area (Å²) >= 11 is 0. The maximum atomic E-state index is 4.13. The largest absolute Gasteiger partial charge is 0.317 e. The molecule has 14 heavy (non-hydrogen) atoms. The Morgan fingerprint density at radius 3 is 2.79 bits per heavy atom. The van der Waals surface area contributed by atoms with Gasteiger partial charge in [0.25, 0.3) is 0 Å². The van der Waals surface area contributed by atoms with Gasteiger partial charge in [0, 0.05) is 12.4 Å². The van der Waals surface area contributed by atoms with Crippen LogP contribution in [0.4, 0.5) is 0 Å². The Morgan fingerprint density at radius 2 is 2.14 bits per heavy atom. The number of pyridine rings is 1. The first-order valence-electron chi connectivity index (χ1n) is 5.05. The topological polar surface area (TPSA) is 24.9 Å². The van der Waals surface area contributed by atoms with Gasteiger partial charge in [-0.2, -0.15) is 0 Å². The van der Waals surface area contributed by atoms with E-state index in [-0.39, 0.29) is 12.4 Å². The second-order valence-corrected chi connectivity index (χ2v) is 3.76. The zero-order valence-corrected chi connectivity index (χ0v) is 9.09. The molecular formula is C11H17ClN2. The monoisotopic (exact) mass is 212 g/mol. The lowest BCUT2D eigenvalue weighted by Crippen LogP contribution is -2.28. The number of nitrogens with one attached hydrogen (secondary N) is 1. The zero-order valence-electron chi connectivity index (χ0n) is 8.28. The Labute approximate surface area is 91.5 Å². The standard InChI is InChI=1S/C11H16N2.ClH/c1-2-11(9-13-5-1)8-10-3-6-12-7-4-10;/h1-2,5,9-10,12H,3-4,6-8H2;1H. The minimum absolute atomic E-state index is 0. The summed E-state index contributed by atoms with van der Waals surface area (Å²) in [6.45, 7) is 2.37. The van der Waals surface area contributed by atoms with Crippen LogP contribution in [0.5, 0.6) is 0 Å². The van der Waals surface area contributed by atoms with E-state index in [0.29, 0.717) is 0 Å². The summed E-state index contributed by atoms with van der Waals surface area (Å²) in [6, 6.07) is 4.20. The summed E-state index contributed by atoms with van der Waals surface area (Å²) in [5.41, 5.74) is 1.38. The van der Waals surface area contributed by atoms with Gasteiger partial charge in [0.05, 0.1) is 0 Å². The van der Waals surface area contributed by atoms with Gasteiger partial charge in [-0.15, -0.1) is 12.4 Å². The first-order valence-corrected chi connectivity index (χ1v) is 5.05. The van der Waals surface area contributed by atoms with Gasteiger partial charge in [-0.1, -0.05) is 6.07 Å². The molecule has 0 bridgehead atoms. The number of aromatic nitrogens is 1. The summed E-state index contributed by atoms with van der Waals surface area (Å²) in [6.07, 6.45) is 7.66. The van der Waals surface area contributed by atoms with Crippen molar-refractivity contribution < 1.29 is 0 Å². The van der Waals surface area contributed by atoms with E-state index in [1.807, 2.05) is 18.5 Å². The smallest absolute Gasteiger partial charge is 0.0299 e. The quantitative estimate of drug-likeness (QED) is 0.812. The summed E-state index contributed by atoms with van der Waals surface area (Å²) < 4.78 is 0. The zero-order chi connectivity index (χ0) is 8.93. The van der Waals surface area contributed by atoms with Gasteiger partial charge in [0.15, 0.2) is 0 Å². The van der Waals surface area contributed by atoms with Crippen molar-refractivity contribution in [3.05, 3.63) is 30.1 Å². The first kappa shape index (κ1) is 11.5. The normalized spacial score (nSPS) is 17.4. The molecular weight excluding hydrogens is 196 g/mol. The highest BCUT2D eigenvalue weighted by Crippen LogP contribution is 2.16. The van der Waals surface area contributed by atoms with E-state index in [2.05, 4.69) is 16.4 Å². The third-order valence-electron chi connectivity index (χ3n) is 2.71. The van der Waals surface area contributed by atoms with Gasteiger partial charge in [0.1, 0.15) is 0 Å². The van der Waals surface area contributed by atoms with Crippen LogP contribution < -0.4 is 5.32 Å². The molecule has 1 aromatic heterocycles. The minimum atomic E-state index is 0. The highest BCUT2D eigenvalue weighted by atomic mass is 35.5. The average Bonchev–Trinajstić information content (AvgIpc) is 2.21. The van der Waals surface area contributed by atoms with Crippen molar-refractivity contribution in [2.75, 3.05) is 13.1 Å². The van der Waals surface area contributed by atoms with Gasteiger partial charge in [-0.05, 0) is 49.9 Å². The molecule has 1 fully saturated rings.